The van der Waals surface area contributed by atoms with Gasteiger partial charge in [0.05, 0.1) is 24.8 Å². The predicted octanol–water partition coefficient (Wildman–Crippen LogP) is 4.55. The molecule has 4 nitrogen and oxygen atoms in total. The third-order valence-corrected chi connectivity index (χ3v) is 6.10. The smallest absolute Gasteiger partial charge is 0.247 e. The van der Waals surface area contributed by atoms with E-state index in [-0.39, 0.29) is 23.8 Å². The first-order chi connectivity index (χ1) is 12.8. The molecule has 3 aliphatic rings. The summed E-state index contributed by atoms with van der Waals surface area (Å²) in [5.74, 6) is 1.33. The molecule has 4 rings (SSSR count). The molecule has 2 atom stereocenters. The van der Waals surface area contributed by atoms with Crippen molar-refractivity contribution in [3.05, 3.63) is 42.0 Å². The summed E-state index contributed by atoms with van der Waals surface area (Å²) >= 11 is 0. The van der Waals surface area contributed by atoms with E-state index in [0.29, 0.717) is 0 Å². The molecule has 2 aliphatic carbocycles. The topological polar surface area (TPSA) is 41.9 Å². The van der Waals surface area contributed by atoms with Gasteiger partial charge in [-0.1, -0.05) is 37.8 Å². The number of carbonyl (C=O) groups is 1. The summed E-state index contributed by atoms with van der Waals surface area (Å²) in [4.78, 5) is 13.2. The van der Waals surface area contributed by atoms with Crippen LogP contribution in [0.1, 0.15) is 56.9 Å². The van der Waals surface area contributed by atoms with Crippen LogP contribution in [-0.2, 0) is 4.79 Å². The standard InChI is InChI=1S/C22H28N2O2/c1-26-18-14-12-16(13-15-18)21-19-10-6-7-11-20(19)22(25)24(23-21)17-8-4-2-3-5-9-17/h6-7,12-15,17,19-20H,2-5,8-11H2,1H3/t19-,20+/m0/s1. The molecule has 1 amide bonds. The van der Waals surface area contributed by atoms with E-state index in [9.17, 15) is 4.79 Å². The van der Waals surface area contributed by atoms with Crippen LogP contribution < -0.4 is 4.74 Å². The highest BCUT2D eigenvalue weighted by molar-refractivity contribution is 6.07. The van der Waals surface area contributed by atoms with Crippen LogP contribution in [0.3, 0.4) is 0 Å². The summed E-state index contributed by atoms with van der Waals surface area (Å²) < 4.78 is 5.29. The molecule has 1 aromatic carbocycles. The summed E-state index contributed by atoms with van der Waals surface area (Å²) in [6.45, 7) is 0. The minimum Gasteiger partial charge on any atom is -0.497 e. The molecule has 0 bridgehead atoms. The molecule has 1 aliphatic heterocycles. The van der Waals surface area contributed by atoms with Gasteiger partial charge >= 0.3 is 0 Å². The van der Waals surface area contributed by atoms with E-state index in [2.05, 4.69) is 24.3 Å². The molecule has 26 heavy (non-hydrogen) atoms. The van der Waals surface area contributed by atoms with Crippen molar-refractivity contribution in [2.24, 2.45) is 16.9 Å². The molecule has 0 N–H and O–H groups in total. The Morgan fingerprint density at radius 2 is 1.62 bits per heavy atom. The Balaban J connectivity index is 1.70. The Hall–Kier alpha value is -2.10. The lowest BCUT2D eigenvalue weighted by Gasteiger charge is -2.40. The number of hydrogen-bond acceptors (Lipinski definition) is 3. The van der Waals surface area contributed by atoms with Crippen molar-refractivity contribution >= 4 is 11.6 Å². The third-order valence-electron chi connectivity index (χ3n) is 6.10. The van der Waals surface area contributed by atoms with Crippen molar-refractivity contribution in [1.82, 2.24) is 5.01 Å². The molecule has 0 saturated heterocycles. The van der Waals surface area contributed by atoms with Crippen molar-refractivity contribution in [1.29, 1.82) is 0 Å². The second kappa shape index (κ2) is 7.65. The second-order valence-electron chi connectivity index (χ2n) is 7.70. The summed E-state index contributed by atoms with van der Waals surface area (Å²) in [6, 6.07) is 8.39. The van der Waals surface area contributed by atoms with E-state index in [0.717, 1.165) is 42.7 Å². The van der Waals surface area contributed by atoms with Gasteiger partial charge in [0.15, 0.2) is 0 Å². The third kappa shape index (κ3) is 3.29. The fourth-order valence-corrected chi connectivity index (χ4v) is 4.60. The highest BCUT2D eigenvalue weighted by atomic mass is 16.5. The van der Waals surface area contributed by atoms with Crippen molar-refractivity contribution in [2.75, 3.05) is 7.11 Å². The minimum atomic E-state index is 0.0397. The summed E-state index contributed by atoms with van der Waals surface area (Å²) in [6.07, 6.45) is 13.2. The zero-order valence-corrected chi connectivity index (χ0v) is 15.6. The second-order valence-corrected chi connectivity index (χ2v) is 7.70. The first-order valence-electron chi connectivity index (χ1n) is 9.99. The number of allylic oxidation sites excluding steroid dienone is 2. The van der Waals surface area contributed by atoms with Crippen LogP contribution in [0.25, 0.3) is 0 Å². The molecule has 0 spiro atoms. The van der Waals surface area contributed by atoms with Crippen LogP contribution >= 0.6 is 0 Å². The lowest BCUT2D eigenvalue weighted by molar-refractivity contribution is -0.140. The Labute approximate surface area is 155 Å². The maximum absolute atomic E-state index is 13.2. The molecule has 0 unspecified atom stereocenters. The van der Waals surface area contributed by atoms with Crippen LogP contribution in [0, 0.1) is 11.8 Å². The van der Waals surface area contributed by atoms with Gasteiger partial charge in [-0.05, 0) is 55.5 Å². The summed E-state index contributed by atoms with van der Waals surface area (Å²) in [5, 5.41) is 6.83. The molecular weight excluding hydrogens is 324 g/mol. The molecule has 1 heterocycles. The number of fused-ring (bicyclic) bond motifs is 1. The van der Waals surface area contributed by atoms with Gasteiger partial charge in [-0.25, -0.2) is 5.01 Å². The molecule has 0 aromatic heterocycles. The van der Waals surface area contributed by atoms with Gasteiger partial charge < -0.3 is 4.74 Å². The Morgan fingerprint density at radius 1 is 0.962 bits per heavy atom. The number of amides is 1. The first kappa shape index (κ1) is 17.3. The molecule has 1 aromatic rings. The zero-order chi connectivity index (χ0) is 17.9. The van der Waals surface area contributed by atoms with Crippen LogP contribution in [0.5, 0.6) is 5.75 Å². The van der Waals surface area contributed by atoms with E-state index < -0.39 is 0 Å². The van der Waals surface area contributed by atoms with Gasteiger partial charge in [0, 0.05) is 5.92 Å². The van der Waals surface area contributed by atoms with Gasteiger partial charge in [-0.3, -0.25) is 4.79 Å². The first-order valence-corrected chi connectivity index (χ1v) is 9.99. The average Bonchev–Trinajstić information content (AvgIpc) is 2.98. The lowest BCUT2D eigenvalue weighted by Crippen LogP contribution is -2.49. The lowest BCUT2D eigenvalue weighted by atomic mass is 9.76. The largest absolute Gasteiger partial charge is 0.497 e. The fraction of sp³-hybridized carbons (Fsp3) is 0.545. The highest BCUT2D eigenvalue weighted by Crippen LogP contribution is 2.37. The quantitative estimate of drug-likeness (QED) is 0.592. The van der Waals surface area contributed by atoms with Gasteiger partial charge in [-0.15, -0.1) is 0 Å². The van der Waals surface area contributed by atoms with Gasteiger partial charge in [-0.2, -0.15) is 5.10 Å². The van der Waals surface area contributed by atoms with Crippen LogP contribution in [0.2, 0.25) is 0 Å². The van der Waals surface area contributed by atoms with Gasteiger partial charge in [0.25, 0.3) is 0 Å². The minimum absolute atomic E-state index is 0.0397. The van der Waals surface area contributed by atoms with Crippen LogP contribution in [0.4, 0.5) is 0 Å². The van der Waals surface area contributed by atoms with E-state index in [1.165, 1.54) is 25.7 Å². The van der Waals surface area contributed by atoms with E-state index in [1.807, 2.05) is 17.1 Å². The fourth-order valence-electron chi connectivity index (χ4n) is 4.60. The summed E-state index contributed by atoms with van der Waals surface area (Å²) in [7, 11) is 1.68. The number of hydrazone groups is 1. The molecule has 138 valence electrons. The Kier molecular flexibility index (Phi) is 5.09. The molecule has 1 fully saturated rings. The van der Waals surface area contributed by atoms with E-state index in [4.69, 9.17) is 9.84 Å². The van der Waals surface area contributed by atoms with Crippen molar-refractivity contribution in [3.63, 3.8) is 0 Å². The SMILES string of the molecule is COc1ccc(C2=NN(C3CCCCCC3)C(=O)[C@@H]3CC=CC[C@H]23)cc1. The summed E-state index contributed by atoms with van der Waals surface area (Å²) in [5.41, 5.74) is 2.19. The molecule has 0 radical (unpaired) electrons. The normalized spacial score (nSPS) is 26.9. The molecular formula is C22H28N2O2. The van der Waals surface area contributed by atoms with Crippen molar-refractivity contribution in [3.8, 4) is 5.75 Å². The zero-order valence-electron chi connectivity index (χ0n) is 15.6. The number of hydrogen-bond donors (Lipinski definition) is 0. The predicted molar refractivity (Wildman–Crippen MR) is 103 cm³/mol. The monoisotopic (exact) mass is 352 g/mol. The number of rotatable bonds is 3. The van der Waals surface area contributed by atoms with E-state index >= 15 is 0 Å². The number of methoxy groups -OCH3 is 1. The number of carbonyl (C=O) groups excluding carboxylic acids is 1. The van der Waals surface area contributed by atoms with Gasteiger partial charge in [0.1, 0.15) is 5.75 Å². The van der Waals surface area contributed by atoms with Crippen LogP contribution in [0.15, 0.2) is 41.5 Å². The van der Waals surface area contributed by atoms with Crippen molar-refractivity contribution < 1.29 is 9.53 Å². The Morgan fingerprint density at radius 3 is 2.27 bits per heavy atom. The number of ether oxygens (including phenoxy) is 1. The number of nitrogens with zero attached hydrogens (tertiary/aromatic N) is 2. The molecule has 4 heteroatoms. The van der Waals surface area contributed by atoms with Gasteiger partial charge in [0.2, 0.25) is 5.91 Å². The highest BCUT2D eigenvalue weighted by Gasteiger charge is 2.42. The van der Waals surface area contributed by atoms with E-state index in [1.54, 1.807) is 7.11 Å². The van der Waals surface area contributed by atoms with Crippen LogP contribution in [-0.4, -0.2) is 29.8 Å². The Bertz CT molecular complexity index is 699. The maximum Gasteiger partial charge on any atom is 0.247 e. The number of benzene rings is 1. The maximum atomic E-state index is 13.2. The average molecular weight is 352 g/mol. The molecule has 1 saturated carbocycles. The van der Waals surface area contributed by atoms with Crippen molar-refractivity contribution in [2.45, 2.75) is 57.4 Å².